The van der Waals surface area contributed by atoms with Gasteiger partial charge in [0.1, 0.15) is 0 Å². The van der Waals surface area contributed by atoms with Gasteiger partial charge in [0.25, 0.3) is 5.91 Å². The average Bonchev–Trinajstić information content (AvgIpc) is 3.20. The Morgan fingerprint density at radius 1 is 1.08 bits per heavy atom. The molecule has 1 aromatic rings. The second kappa shape index (κ2) is 8.38. The summed E-state index contributed by atoms with van der Waals surface area (Å²) in [6.07, 6.45) is 6.90. The van der Waals surface area contributed by atoms with Crippen molar-refractivity contribution in [2.45, 2.75) is 45.1 Å². The van der Waals surface area contributed by atoms with Gasteiger partial charge in [0, 0.05) is 39.1 Å². The fourth-order valence-electron chi connectivity index (χ4n) is 3.85. The zero-order chi connectivity index (χ0) is 18.5. The molecule has 7 nitrogen and oxygen atoms in total. The summed E-state index contributed by atoms with van der Waals surface area (Å²) in [7, 11) is 0. The number of furan rings is 1. The molecule has 142 valence electrons. The first kappa shape index (κ1) is 18.5. The first-order valence-corrected chi connectivity index (χ1v) is 9.44. The van der Waals surface area contributed by atoms with E-state index < -0.39 is 0 Å². The molecule has 26 heavy (non-hydrogen) atoms. The van der Waals surface area contributed by atoms with Gasteiger partial charge in [-0.15, -0.1) is 0 Å². The lowest BCUT2D eigenvalue weighted by Crippen LogP contribution is -2.54. The van der Waals surface area contributed by atoms with E-state index in [-0.39, 0.29) is 30.3 Å². The SMILES string of the molecule is CC(=O)N(CC(=O)N1CCN(C(=O)c2ccco2)CC1)C1CCCCC1. The average molecular weight is 361 g/mol. The Balaban J connectivity index is 1.52. The van der Waals surface area contributed by atoms with Crippen LogP contribution >= 0.6 is 0 Å². The number of rotatable bonds is 4. The Labute approximate surface area is 153 Å². The Morgan fingerprint density at radius 3 is 2.31 bits per heavy atom. The van der Waals surface area contributed by atoms with E-state index in [4.69, 9.17) is 4.42 Å². The first-order valence-electron chi connectivity index (χ1n) is 9.44. The van der Waals surface area contributed by atoms with E-state index in [1.54, 1.807) is 33.8 Å². The predicted molar refractivity (Wildman–Crippen MR) is 95.5 cm³/mol. The highest BCUT2D eigenvalue weighted by atomic mass is 16.3. The predicted octanol–water partition coefficient (Wildman–Crippen LogP) is 1.75. The molecule has 0 aromatic carbocycles. The first-order chi connectivity index (χ1) is 12.6. The highest BCUT2D eigenvalue weighted by Crippen LogP contribution is 2.23. The maximum Gasteiger partial charge on any atom is 0.289 e. The number of piperazine rings is 1. The highest BCUT2D eigenvalue weighted by Gasteiger charge is 2.30. The Kier molecular flexibility index (Phi) is 5.96. The molecule has 1 aliphatic carbocycles. The molecule has 2 aliphatic rings. The second-order valence-electron chi connectivity index (χ2n) is 7.09. The summed E-state index contributed by atoms with van der Waals surface area (Å²) in [5, 5.41) is 0. The Bertz CT molecular complexity index is 629. The number of carbonyl (C=O) groups excluding carboxylic acids is 3. The van der Waals surface area contributed by atoms with Crippen LogP contribution in [0.3, 0.4) is 0 Å². The van der Waals surface area contributed by atoms with Crippen LogP contribution in [-0.4, -0.2) is 71.2 Å². The zero-order valence-corrected chi connectivity index (χ0v) is 15.4. The van der Waals surface area contributed by atoms with Crippen LogP contribution in [0.4, 0.5) is 0 Å². The fourth-order valence-corrected chi connectivity index (χ4v) is 3.85. The van der Waals surface area contributed by atoms with Gasteiger partial charge in [0.2, 0.25) is 11.8 Å². The molecule has 0 radical (unpaired) electrons. The molecule has 0 unspecified atom stereocenters. The molecule has 3 rings (SSSR count). The van der Waals surface area contributed by atoms with Crippen molar-refractivity contribution in [1.82, 2.24) is 14.7 Å². The van der Waals surface area contributed by atoms with Crippen LogP contribution in [0.1, 0.15) is 49.6 Å². The van der Waals surface area contributed by atoms with Crippen molar-refractivity contribution in [2.24, 2.45) is 0 Å². The molecule has 1 saturated heterocycles. The minimum absolute atomic E-state index is 0.0307. The van der Waals surface area contributed by atoms with E-state index in [9.17, 15) is 14.4 Å². The van der Waals surface area contributed by atoms with Crippen LogP contribution in [0.2, 0.25) is 0 Å². The van der Waals surface area contributed by atoms with E-state index >= 15 is 0 Å². The lowest BCUT2D eigenvalue weighted by molar-refractivity contribution is -0.142. The number of carbonyl (C=O) groups is 3. The third-order valence-corrected chi connectivity index (χ3v) is 5.38. The van der Waals surface area contributed by atoms with Crippen LogP contribution in [0.15, 0.2) is 22.8 Å². The summed E-state index contributed by atoms with van der Waals surface area (Å²) in [5.74, 6) is 0.118. The molecule has 3 amide bonds. The second-order valence-corrected chi connectivity index (χ2v) is 7.09. The molecule has 0 spiro atoms. The van der Waals surface area contributed by atoms with Crippen LogP contribution < -0.4 is 0 Å². The Hall–Kier alpha value is -2.31. The molecular weight excluding hydrogens is 334 g/mol. The smallest absolute Gasteiger partial charge is 0.289 e. The molecule has 2 heterocycles. The lowest BCUT2D eigenvalue weighted by atomic mass is 9.94. The van der Waals surface area contributed by atoms with Crippen molar-refractivity contribution in [3.63, 3.8) is 0 Å². The maximum atomic E-state index is 12.7. The van der Waals surface area contributed by atoms with Gasteiger partial charge in [-0.1, -0.05) is 19.3 Å². The summed E-state index contributed by atoms with van der Waals surface area (Å²) in [6, 6.07) is 3.52. The van der Waals surface area contributed by atoms with Gasteiger partial charge in [0.15, 0.2) is 5.76 Å². The van der Waals surface area contributed by atoms with Crippen molar-refractivity contribution >= 4 is 17.7 Å². The number of hydrogen-bond acceptors (Lipinski definition) is 4. The molecule has 0 bridgehead atoms. The molecule has 1 saturated carbocycles. The zero-order valence-electron chi connectivity index (χ0n) is 15.4. The third kappa shape index (κ3) is 4.26. The summed E-state index contributed by atoms with van der Waals surface area (Å²) in [5.41, 5.74) is 0. The van der Waals surface area contributed by atoms with Crippen molar-refractivity contribution in [3.8, 4) is 0 Å². The number of hydrogen-bond donors (Lipinski definition) is 0. The molecule has 0 atom stereocenters. The van der Waals surface area contributed by atoms with Crippen LogP contribution in [0, 0.1) is 0 Å². The van der Waals surface area contributed by atoms with E-state index in [0.717, 1.165) is 25.7 Å². The minimum Gasteiger partial charge on any atom is -0.459 e. The molecule has 1 aromatic heterocycles. The molecule has 2 fully saturated rings. The van der Waals surface area contributed by atoms with Gasteiger partial charge < -0.3 is 19.1 Å². The van der Waals surface area contributed by atoms with Crippen LogP contribution in [-0.2, 0) is 9.59 Å². The maximum absolute atomic E-state index is 12.7. The van der Waals surface area contributed by atoms with Crippen LogP contribution in [0.25, 0.3) is 0 Å². The topological polar surface area (TPSA) is 74.1 Å². The third-order valence-electron chi connectivity index (χ3n) is 5.38. The van der Waals surface area contributed by atoms with Gasteiger partial charge in [0.05, 0.1) is 12.8 Å². The number of nitrogens with zero attached hydrogens (tertiary/aromatic N) is 3. The van der Waals surface area contributed by atoms with Crippen molar-refractivity contribution in [3.05, 3.63) is 24.2 Å². The van der Waals surface area contributed by atoms with Gasteiger partial charge in [-0.3, -0.25) is 14.4 Å². The van der Waals surface area contributed by atoms with Crippen molar-refractivity contribution in [1.29, 1.82) is 0 Å². The lowest BCUT2D eigenvalue weighted by Gasteiger charge is -2.37. The molecular formula is C19H27N3O4. The van der Waals surface area contributed by atoms with Crippen molar-refractivity contribution < 1.29 is 18.8 Å². The quantitative estimate of drug-likeness (QED) is 0.819. The summed E-state index contributed by atoms with van der Waals surface area (Å²) in [4.78, 5) is 42.2. The fraction of sp³-hybridized carbons (Fsp3) is 0.632. The summed E-state index contributed by atoms with van der Waals surface area (Å²) >= 11 is 0. The van der Waals surface area contributed by atoms with E-state index in [0.29, 0.717) is 31.9 Å². The summed E-state index contributed by atoms with van der Waals surface area (Å²) in [6.45, 7) is 3.63. The molecule has 7 heteroatoms. The number of amides is 3. The molecule has 1 aliphatic heterocycles. The van der Waals surface area contributed by atoms with Crippen LogP contribution in [0.5, 0.6) is 0 Å². The van der Waals surface area contributed by atoms with E-state index in [1.165, 1.54) is 12.7 Å². The van der Waals surface area contributed by atoms with Crippen molar-refractivity contribution in [2.75, 3.05) is 32.7 Å². The highest BCUT2D eigenvalue weighted by molar-refractivity contribution is 5.91. The van der Waals surface area contributed by atoms with E-state index in [2.05, 4.69) is 0 Å². The van der Waals surface area contributed by atoms with Gasteiger partial charge in [-0.05, 0) is 25.0 Å². The monoisotopic (exact) mass is 361 g/mol. The van der Waals surface area contributed by atoms with Gasteiger partial charge >= 0.3 is 0 Å². The Morgan fingerprint density at radius 2 is 1.73 bits per heavy atom. The normalized spacial score (nSPS) is 18.7. The largest absolute Gasteiger partial charge is 0.459 e. The summed E-state index contributed by atoms with van der Waals surface area (Å²) < 4.78 is 5.15. The van der Waals surface area contributed by atoms with Gasteiger partial charge in [-0.25, -0.2) is 0 Å². The standard InChI is InChI=1S/C19H27N3O4/c1-15(23)22(16-6-3-2-4-7-16)14-18(24)20-9-11-21(12-10-20)19(25)17-8-5-13-26-17/h5,8,13,16H,2-4,6-7,9-12,14H2,1H3. The minimum atomic E-state index is -0.144. The van der Waals surface area contributed by atoms with Gasteiger partial charge in [-0.2, -0.15) is 0 Å². The molecule has 0 N–H and O–H groups in total. The van der Waals surface area contributed by atoms with E-state index in [1.807, 2.05) is 0 Å².